The molecule has 0 aromatic carbocycles. The van der Waals surface area contributed by atoms with Crippen LogP contribution in [-0.2, 0) is 4.43 Å². The van der Waals surface area contributed by atoms with E-state index < -0.39 is 9.04 Å². The lowest BCUT2D eigenvalue weighted by molar-refractivity contribution is 0.286. The molecule has 1 unspecified atom stereocenters. The Morgan fingerprint density at radius 1 is 1.58 bits per heavy atom. The van der Waals surface area contributed by atoms with Crippen LogP contribution in [0.2, 0.25) is 12.1 Å². The van der Waals surface area contributed by atoms with Crippen LogP contribution in [0.25, 0.3) is 0 Å². The predicted octanol–water partition coefficient (Wildman–Crippen LogP) is 3.30. The molecule has 1 heterocycles. The van der Waals surface area contributed by atoms with Gasteiger partial charge in [0.2, 0.25) is 0 Å². The Bertz CT molecular complexity index is 99.9. The first-order valence-electron chi connectivity index (χ1n) is 4.67. The number of halogens is 1. The van der Waals surface area contributed by atoms with Crippen LogP contribution in [0, 0.1) is 0 Å². The van der Waals surface area contributed by atoms with Gasteiger partial charge in [-0.2, -0.15) is 0 Å². The van der Waals surface area contributed by atoms with Crippen LogP contribution >= 0.6 is 11.6 Å². The van der Waals surface area contributed by atoms with E-state index in [4.69, 9.17) is 16.0 Å². The van der Waals surface area contributed by atoms with Crippen molar-refractivity contribution in [2.24, 2.45) is 0 Å². The molecule has 0 radical (unpaired) electrons. The highest BCUT2D eigenvalue weighted by atomic mass is 35.5. The zero-order chi connectivity index (χ0) is 9.23. The van der Waals surface area contributed by atoms with Gasteiger partial charge in [0.1, 0.15) is 0 Å². The maximum absolute atomic E-state index is 5.66. The van der Waals surface area contributed by atoms with Crippen LogP contribution in [-0.4, -0.2) is 15.6 Å². The molecule has 0 aromatic heterocycles. The third kappa shape index (κ3) is 6.89. The Kier molecular flexibility index (Phi) is 9.46. The fourth-order valence-corrected chi connectivity index (χ4v) is 3.87. The van der Waals surface area contributed by atoms with Crippen molar-refractivity contribution in [2.45, 2.75) is 38.3 Å². The molecule has 1 saturated heterocycles. The molecule has 1 nitrogen and oxygen atoms in total. The van der Waals surface area contributed by atoms with Crippen LogP contribution in [0.1, 0.15) is 26.2 Å². The maximum atomic E-state index is 5.66. The van der Waals surface area contributed by atoms with E-state index in [1.165, 1.54) is 36.9 Å². The van der Waals surface area contributed by atoms with Gasteiger partial charge in [0.05, 0.1) is 0 Å². The van der Waals surface area contributed by atoms with Crippen LogP contribution in [0.5, 0.6) is 0 Å². The molecule has 0 saturated carbocycles. The second kappa shape index (κ2) is 9.30. The molecule has 0 aliphatic carbocycles. The van der Waals surface area contributed by atoms with Crippen LogP contribution in [0.3, 0.4) is 0 Å². The predicted molar refractivity (Wildman–Crippen MR) is 58.3 cm³/mol. The molecule has 72 valence electrons. The summed E-state index contributed by atoms with van der Waals surface area (Å²) in [5.41, 5.74) is 1.22. The Hall–Kier alpha value is 0.207. The largest absolute Gasteiger partial charge is 0.420 e. The summed E-state index contributed by atoms with van der Waals surface area (Å²) >= 11 is 4.76. The van der Waals surface area contributed by atoms with Gasteiger partial charge in [-0.1, -0.05) is 37.9 Å². The molecule has 0 aromatic rings. The Balaban J connectivity index is 0.000000354. The minimum Gasteiger partial charge on any atom is -0.420 e. The van der Waals surface area contributed by atoms with Gasteiger partial charge >= 0.3 is 0 Å². The summed E-state index contributed by atoms with van der Waals surface area (Å²) in [4.78, 5) is 0. The van der Waals surface area contributed by atoms with Crippen LogP contribution < -0.4 is 0 Å². The zero-order valence-electron chi connectivity index (χ0n) is 7.89. The zero-order valence-corrected chi connectivity index (χ0v) is 9.80. The van der Waals surface area contributed by atoms with E-state index in [9.17, 15) is 0 Å². The standard InChI is InChI=1S/C7H16OSi.C2H3Cl/c1-2-6-9-7-4-3-5-8-9;1-2-3/h9H,2-7H2,1H3;2H,1H2. The van der Waals surface area contributed by atoms with Gasteiger partial charge in [-0.3, -0.25) is 0 Å². The lowest BCUT2D eigenvalue weighted by Gasteiger charge is -2.19. The van der Waals surface area contributed by atoms with Gasteiger partial charge in [-0.05, 0) is 24.0 Å². The first-order chi connectivity index (χ1) is 5.85. The second-order valence-corrected chi connectivity index (χ2v) is 5.97. The van der Waals surface area contributed by atoms with E-state index in [2.05, 4.69) is 13.5 Å². The van der Waals surface area contributed by atoms with E-state index in [0.717, 1.165) is 6.61 Å². The molecular weight excluding hydrogens is 188 g/mol. The highest BCUT2D eigenvalue weighted by Gasteiger charge is 2.13. The molecule has 1 aliphatic rings. The quantitative estimate of drug-likeness (QED) is 0.631. The minimum absolute atomic E-state index is 0.626. The van der Waals surface area contributed by atoms with E-state index in [1.54, 1.807) is 0 Å². The van der Waals surface area contributed by atoms with Crippen molar-refractivity contribution in [3.05, 3.63) is 12.1 Å². The normalized spacial score (nSPS) is 22.3. The third-order valence-electron chi connectivity index (χ3n) is 1.88. The monoisotopic (exact) mass is 206 g/mol. The molecule has 1 fully saturated rings. The van der Waals surface area contributed by atoms with Gasteiger partial charge in [0, 0.05) is 6.61 Å². The van der Waals surface area contributed by atoms with Gasteiger partial charge in [-0.25, -0.2) is 0 Å². The molecule has 1 atom stereocenters. The lowest BCUT2D eigenvalue weighted by atomic mass is 10.4. The Morgan fingerprint density at radius 3 is 2.67 bits per heavy atom. The molecule has 0 amide bonds. The highest BCUT2D eigenvalue weighted by Crippen LogP contribution is 2.14. The SMILES string of the molecule is C=CCl.CCC[SiH]1CCCCO1. The Labute approximate surface area is 82.5 Å². The number of rotatable bonds is 2. The summed E-state index contributed by atoms with van der Waals surface area (Å²) in [6.45, 7) is 6.45. The van der Waals surface area contributed by atoms with Gasteiger partial charge < -0.3 is 4.43 Å². The summed E-state index contributed by atoms with van der Waals surface area (Å²) in [5, 5.41) is 0. The van der Waals surface area contributed by atoms with Crippen molar-refractivity contribution in [1.82, 2.24) is 0 Å². The summed E-state index contributed by atoms with van der Waals surface area (Å²) in [6, 6.07) is 2.84. The fraction of sp³-hybridized carbons (Fsp3) is 0.778. The maximum Gasteiger partial charge on any atom is 0.176 e. The average Bonchev–Trinajstić information content (AvgIpc) is 2.08. The van der Waals surface area contributed by atoms with E-state index in [1.807, 2.05) is 0 Å². The number of hydrogen-bond donors (Lipinski definition) is 0. The topological polar surface area (TPSA) is 9.23 Å². The van der Waals surface area contributed by atoms with Crippen molar-refractivity contribution >= 4 is 20.6 Å². The van der Waals surface area contributed by atoms with E-state index >= 15 is 0 Å². The van der Waals surface area contributed by atoms with Crippen molar-refractivity contribution in [2.75, 3.05) is 6.61 Å². The summed E-state index contributed by atoms with van der Waals surface area (Å²) in [7, 11) is -0.626. The fourth-order valence-electron chi connectivity index (χ4n) is 1.36. The molecule has 3 heteroatoms. The lowest BCUT2D eigenvalue weighted by Crippen LogP contribution is -2.22. The molecule has 0 N–H and O–H groups in total. The first kappa shape index (κ1) is 12.2. The number of hydrogen-bond acceptors (Lipinski definition) is 1. The van der Waals surface area contributed by atoms with Crippen LogP contribution in [0.15, 0.2) is 12.1 Å². The summed E-state index contributed by atoms with van der Waals surface area (Å²) in [5.74, 6) is 0. The van der Waals surface area contributed by atoms with Gasteiger partial charge in [0.25, 0.3) is 0 Å². The van der Waals surface area contributed by atoms with E-state index in [-0.39, 0.29) is 0 Å². The smallest absolute Gasteiger partial charge is 0.176 e. The summed E-state index contributed by atoms with van der Waals surface area (Å²) in [6.07, 6.45) is 4.08. The van der Waals surface area contributed by atoms with Crippen molar-refractivity contribution in [3.63, 3.8) is 0 Å². The Morgan fingerprint density at radius 2 is 2.25 bits per heavy atom. The third-order valence-corrected chi connectivity index (χ3v) is 4.87. The van der Waals surface area contributed by atoms with Crippen LogP contribution in [0.4, 0.5) is 0 Å². The summed E-state index contributed by atoms with van der Waals surface area (Å²) < 4.78 is 5.66. The highest BCUT2D eigenvalue weighted by molar-refractivity contribution is 6.51. The molecule has 0 bridgehead atoms. The molecule has 0 spiro atoms. The van der Waals surface area contributed by atoms with Gasteiger partial charge in [0.15, 0.2) is 9.04 Å². The van der Waals surface area contributed by atoms with Crippen molar-refractivity contribution < 1.29 is 4.43 Å². The van der Waals surface area contributed by atoms with E-state index in [0.29, 0.717) is 0 Å². The molecule has 1 aliphatic heterocycles. The molecule has 1 rings (SSSR count). The second-order valence-electron chi connectivity index (χ2n) is 2.93. The molecular formula is C9H19ClOSi. The first-order valence-corrected chi connectivity index (χ1v) is 7.22. The minimum atomic E-state index is -0.626. The average molecular weight is 207 g/mol. The van der Waals surface area contributed by atoms with Crippen molar-refractivity contribution in [1.29, 1.82) is 0 Å². The molecule has 12 heavy (non-hydrogen) atoms. The van der Waals surface area contributed by atoms with Gasteiger partial charge in [-0.15, -0.1) is 0 Å². The van der Waals surface area contributed by atoms with Crippen molar-refractivity contribution in [3.8, 4) is 0 Å².